The van der Waals surface area contributed by atoms with Crippen molar-refractivity contribution < 1.29 is 9.90 Å². The van der Waals surface area contributed by atoms with Gasteiger partial charge in [-0.3, -0.25) is 4.79 Å². The zero-order valence-corrected chi connectivity index (χ0v) is 19.7. The van der Waals surface area contributed by atoms with Crippen LogP contribution in [-0.4, -0.2) is 11.0 Å². The van der Waals surface area contributed by atoms with Crippen LogP contribution in [0.2, 0.25) is 0 Å². The number of carbonyl (C=O) groups is 1. The molecule has 4 heteroatoms. The summed E-state index contributed by atoms with van der Waals surface area (Å²) in [4.78, 5) is 15.4. The maximum atomic E-state index is 13.6. The fraction of sp³-hybridized carbons (Fsp3) is 0.179. The number of hydrogen-bond acceptors (Lipinski definition) is 2. The number of fused-ring (bicyclic) bond motifs is 7. The van der Waals surface area contributed by atoms with Crippen LogP contribution >= 0.6 is 15.9 Å². The van der Waals surface area contributed by atoms with E-state index in [-0.39, 0.29) is 11.3 Å². The first-order chi connectivity index (χ1) is 15.3. The summed E-state index contributed by atoms with van der Waals surface area (Å²) in [7, 11) is 0. The van der Waals surface area contributed by atoms with Crippen molar-refractivity contribution in [3.05, 3.63) is 93.0 Å². The zero-order valence-electron chi connectivity index (χ0n) is 18.2. The molecule has 0 saturated carbocycles. The third-order valence-electron chi connectivity index (χ3n) is 7.16. The summed E-state index contributed by atoms with van der Waals surface area (Å²) in [6.07, 6.45) is 0. The predicted molar refractivity (Wildman–Crippen MR) is 133 cm³/mol. The minimum atomic E-state index is -0.264. The van der Waals surface area contributed by atoms with Crippen molar-refractivity contribution in [2.75, 3.05) is 4.90 Å². The van der Waals surface area contributed by atoms with Crippen LogP contribution in [0.5, 0.6) is 5.75 Å². The molecule has 158 valence electrons. The highest BCUT2D eigenvalue weighted by atomic mass is 79.9. The van der Waals surface area contributed by atoms with Gasteiger partial charge in [-0.25, -0.2) is 0 Å². The van der Waals surface area contributed by atoms with E-state index in [1.54, 1.807) is 0 Å². The summed E-state index contributed by atoms with van der Waals surface area (Å²) in [6, 6.07) is 20.0. The van der Waals surface area contributed by atoms with E-state index in [0.29, 0.717) is 12.3 Å². The largest absolute Gasteiger partial charge is 0.507 e. The molecule has 3 nitrogen and oxygen atoms in total. The highest BCUT2D eigenvalue weighted by molar-refractivity contribution is 9.10. The van der Waals surface area contributed by atoms with Crippen molar-refractivity contribution in [2.24, 2.45) is 0 Å². The SMILES string of the molecule is Cc1cc2c(c3c1C(=O)N(c1ccc(Br)cc1)C3)-c1c(cc(O)c3ccccc13)C2(C)C. The molecule has 0 fully saturated rings. The van der Waals surface area contributed by atoms with Gasteiger partial charge in [0.1, 0.15) is 5.75 Å². The number of nitrogens with zero attached hydrogens (tertiary/aromatic N) is 1. The minimum absolute atomic E-state index is 0.0527. The van der Waals surface area contributed by atoms with Crippen LogP contribution in [0, 0.1) is 6.92 Å². The first kappa shape index (κ1) is 19.6. The van der Waals surface area contributed by atoms with E-state index < -0.39 is 0 Å². The van der Waals surface area contributed by atoms with Gasteiger partial charge < -0.3 is 10.0 Å². The maximum Gasteiger partial charge on any atom is 0.259 e. The van der Waals surface area contributed by atoms with Crippen LogP contribution in [0.15, 0.2) is 65.1 Å². The first-order valence-corrected chi connectivity index (χ1v) is 11.6. The minimum Gasteiger partial charge on any atom is -0.507 e. The molecular weight excluding hydrogens is 462 g/mol. The highest BCUT2D eigenvalue weighted by Crippen LogP contribution is 2.56. The molecule has 0 spiro atoms. The van der Waals surface area contributed by atoms with Crippen molar-refractivity contribution in [3.63, 3.8) is 0 Å². The lowest BCUT2D eigenvalue weighted by Gasteiger charge is -2.22. The lowest BCUT2D eigenvalue weighted by molar-refractivity contribution is 0.0996. The summed E-state index contributed by atoms with van der Waals surface area (Å²) < 4.78 is 0.990. The van der Waals surface area contributed by atoms with Crippen LogP contribution < -0.4 is 4.90 Å². The number of rotatable bonds is 1. The molecule has 0 aromatic heterocycles. The number of halogens is 1. The Morgan fingerprint density at radius 2 is 1.56 bits per heavy atom. The van der Waals surface area contributed by atoms with Gasteiger partial charge in [0.2, 0.25) is 0 Å². The van der Waals surface area contributed by atoms with Crippen LogP contribution in [0.1, 0.15) is 46.5 Å². The van der Waals surface area contributed by atoms with Gasteiger partial charge >= 0.3 is 0 Å². The number of phenolic OH excluding ortho intramolecular Hbond substituents is 1. The Balaban J connectivity index is 1.66. The van der Waals surface area contributed by atoms with Crippen molar-refractivity contribution >= 4 is 38.3 Å². The predicted octanol–water partition coefficient (Wildman–Crippen LogP) is 7.08. The molecule has 4 aromatic rings. The summed E-state index contributed by atoms with van der Waals surface area (Å²) >= 11 is 3.49. The van der Waals surface area contributed by atoms with Gasteiger partial charge in [0.05, 0.1) is 6.54 Å². The Morgan fingerprint density at radius 1 is 0.906 bits per heavy atom. The fourth-order valence-electron chi connectivity index (χ4n) is 5.58. The molecule has 1 N–H and O–H groups in total. The zero-order chi connectivity index (χ0) is 22.4. The van der Waals surface area contributed by atoms with Crippen LogP contribution in [0.25, 0.3) is 21.9 Å². The average Bonchev–Trinajstić information content (AvgIpc) is 3.22. The Bertz CT molecular complexity index is 1470. The van der Waals surface area contributed by atoms with Gasteiger partial charge in [-0.2, -0.15) is 0 Å². The average molecular weight is 484 g/mol. The van der Waals surface area contributed by atoms with Crippen molar-refractivity contribution in [3.8, 4) is 16.9 Å². The number of aromatic hydroxyl groups is 1. The quantitative estimate of drug-likeness (QED) is 0.314. The van der Waals surface area contributed by atoms with E-state index in [4.69, 9.17) is 0 Å². The molecule has 1 heterocycles. The van der Waals surface area contributed by atoms with Crippen molar-refractivity contribution in [1.82, 2.24) is 0 Å². The van der Waals surface area contributed by atoms with E-state index in [1.165, 1.54) is 5.56 Å². The third kappa shape index (κ3) is 2.44. The van der Waals surface area contributed by atoms with E-state index >= 15 is 0 Å². The number of anilines is 1. The number of aryl methyl sites for hydroxylation is 1. The molecule has 2 aliphatic rings. The van der Waals surface area contributed by atoms with Gasteiger partial charge in [0, 0.05) is 26.5 Å². The van der Waals surface area contributed by atoms with Crippen molar-refractivity contribution in [2.45, 2.75) is 32.7 Å². The lowest BCUT2D eigenvalue weighted by atomic mass is 9.80. The van der Waals surface area contributed by atoms with Crippen LogP contribution in [-0.2, 0) is 12.0 Å². The number of carbonyl (C=O) groups excluding carboxylic acids is 1. The van der Waals surface area contributed by atoms with Gasteiger partial charge in [-0.1, -0.05) is 60.1 Å². The van der Waals surface area contributed by atoms with Gasteiger partial charge in [0.25, 0.3) is 5.91 Å². The Morgan fingerprint density at radius 3 is 2.28 bits per heavy atom. The molecule has 0 unspecified atom stereocenters. The topological polar surface area (TPSA) is 40.5 Å². The molecule has 0 saturated heterocycles. The monoisotopic (exact) mass is 483 g/mol. The van der Waals surface area contributed by atoms with Crippen LogP contribution in [0.4, 0.5) is 5.69 Å². The number of phenols is 1. The van der Waals surface area contributed by atoms with E-state index in [2.05, 4.69) is 41.9 Å². The van der Waals surface area contributed by atoms with Gasteiger partial charge in [-0.15, -0.1) is 0 Å². The molecule has 4 aromatic carbocycles. The van der Waals surface area contributed by atoms with Gasteiger partial charge in [0.15, 0.2) is 0 Å². The molecule has 1 aliphatic heterocycles. The fourth-order valence-corrected chi connectivity index (χ4v) is 5.84. The molecule has 1 amide bonds. The standard InChI is InChI=1S/C28H22BrNO2/c1-15-12-21-26(20-14-30(27(32)24(15)20)17-10-8-16(29)9-11-17)25-19-7-5-4-6-18(19)23(31)13-22(25)28(21,2)3/h4-13,31H,14H2,1-3H3. The molecule has 0 atom stereocenters. The van der Waals surface area contributed by atoms with E-state index in [1.807, 2.05) is 60.4 Å². The number of hydrogen-bond donors (Lipinski definition) is 1. The smallest absolute Gasteiger partial charge is 0.259 e. The Kier molecular flexibility index (Phi) is 3.95. The molecule has 6 rings (SSSR count). The molecular formula is C28H22BrNO2. The molecule has 0 bridgehead atoms. The molecule has 32 heavy (non-hydrogen) atoms. The molecule has 0 radical (unpaired) electrons. The molecule has 1 aliphatic carbocycles. The number of benzene rings is 4. The van der Waals surface area contributed by atoms with E-state index in [0.717, 1.165) is 54.3 Å². The summed E-state index contributed by atoms with van der Waals surface area (Å²) in [5.41, 5.74) is 8.21. The van der Waals surface area contributed by atoms with Crippen LogP contribution in [0.3, 0.4) is 0 Å². The van der Waals surface area contributed by atoms with E-state index in [9.17, 15) is 9.90 Å². The summed E-state index contributed by atoms with van der Waals surface area (Å²) in [5.74, 6) is 0.359. The Hall–Kier alpha value is -3.11. The second-order valence-electron chi connectivity index (χ2n) is 9.33. The van der Waals surface area contributed by atoms with Gasteiger partial charge in [-0.05, 0) is 76.0 Å². The maximum absolute atomic E-state index is 13.6. The lowest BCUT2D eigenvalue weighted by Crippen LogP contribution is -2.23. The second-order valence-corrected chi connectivity index (χ2v) is 10.2. The first-order valence-electron chi connectivity index (χ1n) is 10.8. The van der Waals surface area contributed by atoms with Crippen molar-refractivity contribution in [1.29, 1.82) is 0 Å². The summed E-state index contributed by atoms with van der Waals surface area (Å²) in [5, 5.41) is 12.7. The second kappa shape index (κ2) is 6.46. The highest BCUT2D eigenvalue weighted by Gasteiger charge is 2.43. The third-order valence-corrected chi connectivity index (χ3v) is 7.69. The number of amides is 1. The Labute approximate surface area is 195 Å². The normalized spacial score (nSPS) is 15.8. The summed E-state index contributed by atoms with van der Waals surface area (Å²) in [6.45, 7) is 7.00.